The zero-order valence-electron chi connectivity index (χ0n) is 12.7. The molecule has 0 aliphatic carbocycles. The third-order valence-corrected chi connectivity index (χ3v) is 5.00. The average Bonchev–Trinajstić information content (AvgIpc) is 3.27. The quantitative estimate of drug-likeness (QED) is 0.696. The van der Waals surface area contributed by atoms with E-state index in [1.165, 1.54) is 30.6 Å². The minimum absolute atomic E-state index is 0.0192. The topological polar surface area (TPSA) is 126 Å². The maximum atomic E-state index is 12.4. The Kier molecular flexibility index (Phi) is 4.88. The van der Waals surface area contributed by atoms with E-state index < -0.39 is 15.9 Å². The van der Waals surface area contributed by atoms with E-state index in [2.05, 4.69) is 25.2 Å². The summed E-state index contributed by atoms with van der Waals surface area (Å²) in [6.45, 7) is 0.876. The normalized spacial score (nSPS) is 17.8. The summed E-state index contributed by atoms with van der Waals surface area (Å²) < 4.78 is 32.6. The van der Waals surface area contributed by atoms with Crippen LogP contribution in [0.5, 0.6) is 0 Å². The van der Waals surface area contributed by atoms with E-state index in [1.807, 2.05) is 0 Å². The summed E-state index contributed by atoms with van der Waals surface area (Å²) in [5.74, 6) is -0.298. The maximum absolute atomic E-state index is 12.4. The first-order valence-electron chi connectivity index (χ1n) is 7.43. The number of hydrogen-bond acceptors (Lipinski definition) is 6. The number of H-pyrrole nitrogens is 1. The molecule has 2 aromatic rings. The number of aromatic nitrogens is 3. The zero-order valence-corrected chi connectivity index (χ0v) is 13.5. The third kappa shape index (κ3) is 3.96. The molecule has 1 unspecified atom stereocenters. The minimum atomic E-state index is -3.71. The van der Waals surface area contributed by atoms with Crippen LogP contribution < -0.4 is 10.0 Å². The molecule has 0 saturated carbocycles. The Bertz CT molecular complexity index is 800. The molecule has 0 bridgehead atoms. The Balaban J connectivity index is 1.70. The highest BCUT2D eigenvalue weighted by atomic mass is 32.2. The van der Waals surface area contributed by atoms with E-state index >= 15 is 0 Å². The lowest BCUT2D eigenvalue weighted by Gasteiger charge is -2.12. The van der Waals surface area contributed by atoms with Gasteiger partial charge in [0, 0.05) is 18.7 Å². The average molecular weight is 351 g/mol. The van der Waals surface area contributed by atoms with Crippen LogP contribution in [0.2, 0.25) is 0 Å². The number of ether oxygens (including phenoxy) is 1. The predicted molar refractivity (Wildman–Crippen MR) is 84.9 cm³/mol. The van der Waals surface area contributed by atoms with E-state index in [0.717, 1.165) is 12.8 Å². The fourth-order valence-corrected chi connectivity index (χ4v) is 3.45. The Morgan fingerprint density at radius 2 is 2.29 bits per heavy atom. The molecule has 3 rings (SSSR count). The zero-order chi connectivity index (χ0) is 17.0. The van der Waals surface area contributed by atoms with Gasteiger partial charge in [-0.25, -0.2) is 18.2 Å². The predicted octanol–water partition coefficient (Wildman–Crippen LogP) is 0.514. The van der Waals surface area contributed by atoms with Crippen molar-refractivity contribution in [3.63, 3.8) is 0 Å². The van der Waals surface area contributed by atoms with E-state index in [1.54, 1.807) is 0 Å². The SMILES string of the molecule is O=C(Nc1ncn[nH]1)c1cccc(S(=O)(=O)NCC2CCCO2)c1. The van der Waals surface area contributed by atoms with Gasteiger partial charge in [0.1, 0.15) is 6.33 Å². The number of carbonyl (C=O) groups excluding carboxylic acids is 1. The molecule has 1 amide bonds. The first-order chi connectivity index (χ1) is 11.5. The van der Waals surface area contributed by atoms with Gasteiger partial charge in [-0.3, -0.25) is 10.1 Å². The Morgan fingerprint density at radius 3 is 3.00 bits per heavy atom. The number of amides is 1. The van der Waals surface area contributed by atoms with Crippen LogP contribution in [0.4, 0.5) is 5.95 Å². The van der Waals surface area contributed by atoms with E-state index in [0.29, 0.717) is 6.61 Å². The lowest BCUT2D eigenvalue weighted by atomic mass is 10.2. The van der Waals surface area contributed by atoms with Crippen molar-refractivity contribution in [3.8, 4) is 0 Å². The second-order valence-corrected chi connectivity index (χ2v) is 7.07. The summed E-state index contributed by atoms with van der Waals surface area (Å²) in [7, 11) is -3.71. The van der Waals surface area contributed by atoms with Crippen molar-refractivity contribution in [2.75, 3.05) is 18.5 Å². The van der Waals surface area contributed by atoms with Gasteiger partial charge in [0.05, 0.1) is 11.0 Å². The monoisotopic (exact) mass is 351 g/mol. The summed E-state index contributed by atoms with van der Waals surface area (Å²) >= 11 is 0. The Morgan fingerprint density at radius 1 is 1.42 bits per heavy atom. The molecule has 3 N–H and O–H groups in total. The molecule has 1 aromatic carbocycles. The van der Waals surface area contributed by atoms with Crippen molar-refractivity contribution < 1.29 is 17.9 Å². The van der Waals surface area contributed by atoms with Gasteiger partial charge in [-0.2, -0.15) is 10.1 Å². The second-order valence-electron chi connectivity index (χ2n) is 5.30. The van der Waals surface area contributed by atoms with Gasteiger partial charge in [-0.05, 0) is 31.0 Å². The van der Waals surface area contributed by atoms with Crippen LogP contribution in [0.15, 0.2) is 35.5 Å². The summed E-state index contributed by atoms with van der Waals surface area (Å²) in [4.78, 5) is 15.9. The molecule has 128 valence electrons. The molecule has 1 aliphatic rings. The first-order valence-corrected chi connectivity index (χ1v) is 8.91. The molecule has 1 aromatic heterocycles. The highest BCUT2D eigenvalue weighted by Gasteiger charge is 2.21. The number of nitrogens with zero attached hydrogens (tertiary/aromatic N) is 2. The van der Waals surface area contributed by atoms with E-state index in [9.17, 15) is 13.2 Å². The van der Waals surface area contributed by atoms with Crippen molar-refractivity contribution in [1.82, 2.24) is 19.9 Å². The number of nitrogens with one attached hydrogen (secondary N) is 3. The number of anilines is 1. The van der Waals surface area contributed by atoms with Crippen molar-refractivity contribution in [3.05, 3.63) is 36.2 Å². The molecular formula is C14H17N5O4S. The number of carbonyl (C=O) groups is 1. The van der Waals surface area contributed by atoms with Crippen LogP contribution >= 0.6 is 0 Å². The minimum Gasteiger partial charge on any atom is -0.377 e. The van der Waals surface area contributed by atoms with Crippen molar-refractivity contribution in [1.29, 1.82) is 0 Å². The maximum Gasteiger partial charge on any atom is 0.258 e. The Hall–Kier alpha value is -2.30. The van der Waals surface area contributed by atoms with Crippen LogP contribution in [0.1, 0.15) is 23.2 Å². The molecule has 0 spiro atoms. The smallest absolute Gasteiger partial charge is 0.258 e. The van der Waals surface area contributed by atoms with Crippen LogP contribution in [0.3, 0.4) is 0 Å². The highest BCUT2D eigenvalue weighted by molar-refractivity contribution is 7.89. The molecule has 1 atom stereocenters. The molecule has 24 heavy (non-hydrogen) atoms. The molecule has 9 nitrogen and oxygen atoms in total. The lowest BCUT2D eigenvalue weighted by molar-refractivity contribution is 0.102. The van der Waals surface area contributed by atoms with Crippen LogP contribution in [0, 0.1) is 0 Å². The summed E-state index contributed by atoms with van der Waals surface area (Å²) in [5.41, 5.74) is 0.200. The number of rotatable bonds is 6. The largest absolute Gasteiger partial charge is 0.377 e. The van der Waals surface area contributed by atoms with Gasteiger partial charge >= 0.3 is 0 Å². The molecule has 1 fully saturated rings. The van der Waals surface area contributed by atoms with Gasteiger partial charge in [0.15, 0.2) is 0 Å². The third-order valence-electron chi connectivity index (χ3n) is 3.58. The summed E-state index contributed by atoms with van der Waals surface area (Å²) in [6, 6.07) is 5.77. The highest BCUT2D eigenvalue weighted by Crippen LogP contribution is 2.15. The standard InChI is InChI=1S/C14H17N5O4S/c20-13(18-14-15-9-16-19-14)10-3-1-5-12(7-10)24(21,22)17-8-11-4-2-6-23-11/h1,3,5,7,9,11,17H,2,4,6,8H2,(H2,15,16,18,19,20). The van der Waals surface area contributed by atoms with E-state index in [-0.39, 0.29) is 29.1 Å². The number of hydrogen-bond donors (Lipinski definition) is 3. The van der Waals surface area contributed by atoms with E-state index in [4.69, 9.17) is 4.74 Å². The van der Waals surface area contributed by atoms with Crippen molar-refractivity contribution in [2.24, 2.45) is 0 Å². The van der Waals surface area contributed by atoms with Crippen molar-refractivity contribution >= 4 is 21.9 Å². The van der Waals surface area contributed by atoms with Gasteiger partial charge in [-0.15, -0.1) is 0 Å². The van der Waals surface area contributed by atoms with Crippen LogP contribution in [-0.4, -0.2) is 48.8 Å². The van der Waals surface area contributed by atoms with Crippen molar-refractivity contribution in [2.45, 2.75) is 23.8 Å². The fourth-order valence-electron chi connectivity index (χ4n) is 2.34. The molecule has 10 heteroatoms. The van der Waals surface area contributed by atoms with Gasteiger partial charge in [0.2, 0.25) is 16.0 Å². The number of sulfonamides is 1. The molecule has 0 radical (unpaired) electrons. The molecule has 1 saturated heterocycles. The fraction of sp³-hybridized carbons (Fsp3) is 0.357. The number of benzene rings is 1. The van der Waals surface area contributed by atoms with Crippen LogP contribution in [-0.2, 0) is 14.8 Å². The molecular weight excluding hydrogens is 334 g/mol. The lowest BCUT2D eigenvalue weighted by Crippen LogP contribution is -2.32. The van der Waals surface area contributed by atoms with Gasteiger partial charge < -0.3 is 4.74 Å². The van der Waals surface area contributed by atoms with Gasteiger partial charge in [-0.1, -0.05) is 6.07 Å². The molecule has 1 aliphatic heterocycles. The van der Waals surface area contributed by atoms with Gasteiger partial charge in [0.25, 0.3) is 5.91 Å². The second kappa shape index (κ2) is 7.07. The Labute approximate surface area is 138 Å². The van der Waals surface area contributed by atoms with Crippen LogP contribution in [0.25, 0.3) is 0 Å². The summed E-state index contributed by atoms with van der Waals surface area (Å²) in [6.07, 6.45) is 2.93. The first kappa shape index (κ1) is 16.6. The number of aromatic amines is 1. The summed E-state index contributed by atoms with van der Waals surface area (Å²) in [5, 5.41) is 8.61. The molecule has 2 heterocycles.